The van der Waals surface area contributed by atoms with Crippen LogP contribution in [0, 0.1) is 6.92 Å². The molecule has 1 aromatic heterocycles. The molecule has 1 atom stereocenters. The molecule has 5 nitrogen and oxygen atoms in total. The predicted molar refractivity (Wildman–Crippen MR) is 130 cm³/mol. The number of benzene rings is 1. The lowest BCUT2D eigenvalue weighted by Gasteiger charge is -2.39. The molecule has 0 N–H and O–H groups in total. The fourth-order valence-electron chi connectivity index (χ4n) is 4.21. The Kier molecular flexibility index (Phi) is 9.31. The highest BCUT2D eigenvalue weighted by molar-refractivity contribution is 7.09. The molecule has 1 aliphatic heterocycles. The molecular weight excluding hydrogens is 404 g/mol. The van der Waals surface area contributed by atoms with E-state index in [9.17, 15) is 4.79 Å². The molecule has 1 fully saturated rings. The van der Waals surface area contributed by atoms with Gasteiger partial charge >= 0.3 is 0 Å². The van der Waals surface area contributed by atoms with Gasteiger partial charge in [0.15, 0.2) is 0 Å². The average Bonchev–Trinajstić information content (AvgIpc) is 3.23. The van der Waals surface area contributed by atoms with Gasteiger partial charge in [0.25, 0.3) is 0 Å². The summed E-state index contributed by atoms with van der Waals surface area (Å²) in [5.74, 6) is 1.20. The number of carbonyl (C=O) groups excluding carboxylic acids is 1. The third-order valence-corrected chi connectivity index (χ3v) is 6.97. The number of aromatic nitrogens is 2. The van der Waals surface area contributed by atoms with E-state index in [1.54, 1.807) is 0 Å². The topological polar surface area (TPSA) is 49.3 Å². The minimum absolute atomic E-state index is 0.218. The fraction of sp³-hybridized carbons (Fsp3) is 0.640. The lowest BCUT2D eigenvalue weighted by molar-refractivity contribution is -0.133. The van der Waals surface area contributed by atoms with Crippen molar-refractivity contribution in [1.29, 1.82) is 0 Å². The Labute approximate surface area is 192 Å². The molecule has 1 aromatic carbocycles. The number of amides is 1. The van der Waals surface area contributed by atoms with Gasteiger partial charge in [0.2, 0.25) is 11.0 Å². The largest absolute Gasteiger partial charge is 0.343 e. The molecule has 0 spiro atoms. The number of unbranched alkanes of at least 4 members (excludes halogenated alkanes) is 6. The van der Waals surface area contributed by atoms with E-state index in [1.165, 1.54) is 61.2 Å². The lowest BCUT2D eigenvalue weighted by atomic mass is 10.1. The van der Waals surface area contributed by atoms with Crippen LogP contribution in [0.15, 0.2) is 24.3 Å². The number of hydrogen-bond acceptors (Lipinski definition) is 5. The van der Waals surface area contributed by atoms with Crippen molar-refractivity contribution in [2.75, 3.05) is 24.5 Å². The molecule has 1 aliphatic rings. The van der Waals surface area contributed by atoms with E-state index in [0.29, 0.717) is 12.3 Å². The number of anilines is 1. The van der Waals surface area contributed by atoms with Crippen molar-refractivity contribution in [2.24, 2.45) is 0 Å². The predicted octanol–water partition coefficient (Wildman–Crippen LogP) is 5.62. The molecule has 1 unspecified atom stereocenters. The van der Waals surface area contributed by atoms with Gasteiger partial charge in [-0.3, -0.25) is 4.79 Å². The van der Waals surface area contributed by atoms with Gasteiger partial charge in [-0.1, -0.05) is 75.3 Å². The Bertz CT molecular complexity index is 804. The summed E-state index contributed by atoms with van der Waals surface area (Å²) >= 11 is 1.48. The minimum Gasteiger partial charge on any atom is -0.343 e. The third-order valence-electron chi connectivity index (χ3n) is 6.15. The summed E-state index contributed by atoms with van der Waals surface area (Å²) in [6.45, 7) is 8.96. The first kappa shape index (κ1) is 23.7. The second kappa shape index (κ2) is 12.2. The molecular formula is C25H38N4OS. The van der Waals surface area contributed by atoms with Crippen molar-refractivity contribution in [2.45, 2.75) is 84.6 Å². The minimum atomic E-state index is 0.218. The highest BCUT2D eigenvalue weighted by Gasteiger charge is 2.28. The molecule has 170 valence electrons. The molecule has 0 aliphatic carbocycles. The van der Waals surface area contributed by atoms with Crippen LogP contribution in [-0.2, 0) is 11.2 Å². The molecule has 2 heterocycles. The summed E-state index contributed by atoms with van der Waals surface area (Å²) in [7, 11) is 0. The molecule has 6 heteroatoms. The van der Waals surface area contributed by atoms with Crippen molar-refractivity contribution >= 4 is 22.6 Å². The molecule has 1 saturated heterocycles. The molecule has 0 saturated carbocycles. The van der Waals surface area contributed by atoms with Gasteiger partial charge in [0.05, 0.1) is 0 Å². The van der Waals surface area contributed by atoms with Gasteiger partial charge in [0.1, 0.15) is 5.82 Å². The molecule has 1 amide bonds. The summed E-state index contributed by atoms with van der Waals surface area (Å²) in [6, 6.07) is 8.77. The standard InChI is InChI=1S/C25H38N4OS/c1-4-5-6-7-8-9-10-11-24(30)29-17-16-28(19-21(29)3)25-26-23(27-31-25)18-22-14-12-20(2)13-15-22/h12-15,21H,4-11,16-19H2,1-3H3. The van der Waals surface area contributed by atoms with Crippen LogP contribution < -0.4 is 4.90 Å². The van der Waals surface area contributed by atoms with E-state index < -0.39 is 0 Å². The normalized spacial score (nSPS) is 16.7. The molecule has 3 rings (SSSR count). The van der Waals surface area contributed by atoms with Gasteiger partial charge in [-0.2, -0.15) is 4.37 Å². The molecule has 31 heavy (non-hydrogen) atoms. The zero-order chi connectivity index (χ0) is 22.1. The quantitative estimate of drug-likeness (QED) is 0.424. The van der Waals surface area contributed by atoms with Gasteiger partial charge < -0.3 is 9.80 Å². The Morgan fingerprint density at radius 2 is 1.77 bits per heavy atom. The van der Waals surface area contributed by atoms with Gasteiger partial charge in [0, 0.05) is 50.1 Å². The van der Waals surface area contributed by atoms with Crippen molar-refractivity contribution in [3.63, 3.8) is 0 Å². The van der Waals surface area contributed by atoms with Crippen LogP contribution in [0.4, 0.5) is 5.13 Å². The van der Waals surface area contributed by atoms with Crippen molar-refractivity contribution in [3.05, 3.63) is 41.2 Å². The van der Waals surface area contributed by atoms with Crippen LogP contribution in [0.2, 0.25) is 0 Å². The van der Waals surface area contributed by atoms with Crippen LogP contribution >= 0.6 is 11.5 Å². The average molecular weight is 443 g/mol. The van der Waals surface area contributed by atoms with Crippen LogP contribution in [0.25, 0.3) is 0 Å². The third kappa shape index (κ3) is 7.30. The highest BCUT2D eigenvalue weighted by atomic mass is 32.1. The maximum Gasteiger partial charge on any atom is 0.222 e. The summed E-state index contributed by atoms with van der Waals surface area (Å²) < 4.78 is 4.57. The summed E-state index contributed by atoms with van der Waals surface area (Å²) in [5.41, 5.74) is 2.51. The van der Waals surface area contributed by atoms with E-state index in [2.05, 4.69) is 59.2 Å². The number of carbonyl (C=O) groups is 1. The Morgan fingerprint density at radius 1 is 1.06 bits per heavy atom. The molecule has 0 radical (unpaired) electrons. The number of hydrogen-bond donors (Lipinski definition) is 0. The first-order valence-electron chi connectivity index (χ1n) is 12.0. The maximum absolute atomic E-state index is 12.7. The van der Waals surface area contributed by atoms with Crippen LogP contribution in [0.3, 0.4) is 0 Å². The highest BCUT2D eigenvalue weighted by Crippen LogP contribution is 2.23. The van der Waals surface area contributed by atoms with Gasteiger partial charge in [-0.05, 0) is 25.8 Å². The number of rotatable bonds is 11. The van der Waals surface area contributed by atoms with Crippen molar-refractivity contribution in [1.82, 2.24) is 14.3 Å². The van der Waals surface area contributed by atoms with E-state index in [-0.39, 0.29) is 6.04 Å². The van der Waals surface area contributed by atoms with Crippen LogP contribution in [0.1, 0.15) is 82.2 Å². The first-order valence-corrected chi connectivity index (χ1v) is 12.8. The lowest BCUT2D eigenvalue weighted by Crippen LogP contribution is -2.54. The van der Waals surface area contributed by atoms with Gasteiger partial charge in [-0.15, -0.1) is 0 Å². The van der Waals surface area contributed by atoms with Crippen LogP contribution in [-0.4, -0.2) is 45.8 Å². The Hall–Kier alpha value is -1.95. The number of aryl methyl sites for hydroxylation is 1. The number of piperazine rings is 1. The molecule has 0 bridgehead atoms. The van der Waals surface area contributed by atoms with E-state index in [0.717, 1.165) is 43.4 Å². The monoisotopic (exact) mass is 442 g/mol. The number of nitrogens with zero attached hydrogens (tertiary/aromatic N) is 4. The second-order valence-corrected chi connectivity index (χ2v) is 9.64. The zero-order valence-electron chi connectivity index (χ0n) is 19.5. The summed E-state index contributed by atoms with van der Waals surface area (Å²) in [5, 5.41) is 0.980. The second-order valence-electron chi connectivity index (χ2n) is 8.91. The summed E-state index contributed by atoms with van der Waals surface area (Å²) in [4.78, 5) is 21.8. The molecule has 2 aromatic rings. The first-order chi connectivity index (χ1) is 15.1. The van der Waals surface area contributed by atoms with Crippen molar-refractivity contribution < 1.29 is 4.79 Å². The summed E-state index contributed by atoms with van der Waals surface area (Å²) in [6.07, 6.45) is 10.2. The van der Waals surface area contributed by atoms with Crippen molar-refractivity contribution in [3.8, 4) is 0 Å². The van der Waals surface area contributed by atoms with E-state index in [1.807, 2.05) is 0 Å². The fourth-order valence-corrected chi connectivity index (χ4v) is 4.93. The van der Waals surface area contributed by atoms with Gasteiger partial charge in [-0.25, -0.2) is 4.98 Å². The van der Waals surface area contributed by atoms with E-state index in [4.69, 9.17) is 4.98 Å². The SMILES string of the molecule is CCCCCCCCCC(=O)N1CCN(c2nc(Cc3ccc(C)cc3)ns2)CC1C. The maximum atomic E-state index is 12.7. The zero-order valence-corrected chi connectivity index (χ0v) is 20.3. The van der Waals surface area contributed by atoms with Crippen LogP contribution in [0.5, 0.6) is 0 Å². The Balaban J connectivity index is 1.42. The smallest absolute Gasteiger partial charge is 0.222 e. The Morgan fingerprint density at radius 3 is 2.48 bits per heavy atom. The van der Waals surface area contributed by atoms with E-state index >= 15 is 0 Å².